The Hall–Kier alpha value is -1.02. The molecule has 82 valence electrons. The number of nitrogens with one attached hydrogen (secondary N) is 1. The summed E-state index contributed by atoms with van der Waals surface area (Å²) in [6, 6.07) is 7.12. The minimum atomic E-state index is 0.575. The van der Waals surface area contributed by atoms with E-state index in [9.17, 15) is 0 Å². The summed E-state index contributed by atoms with van der Waals surface area (Å²) in [5.41, 5.74) is 2.76. The van der Waals surface area contributed by atoms with Gasteiger partial charge in [0.1, 0.15) is 5.75 Å². The van der Waals surface area contributed by atoms with Gasteiger partial charge in [0, 0.05) is 24.1 Å². The molecule has 2 rings (SSSR count). The van der Waals surface area contributed by atoms with Gasteiger partial charge in [0.2, 0.25) is 0 Å². The van der Waals surface area contributed by atoms with Crippen LogP contribution < -0.4 is 10.1 Å². The van der Waals surface area contributed by atoms with Crippen molar-refractivity contribution in [3.8, 4) is 5.75 Å². The molecule has 0 saturated carbocycles. The largest absolute Gasteiger partial charge is 0.496 e. The van der Waals surface area contributed by atoms with E-state index in [4.69, 9.17) is 4.74 Å². The van der Waals surface area contributed by atoms with Gasteiger partial charge in [0.05, 0.1) is 7.11 Å². The van der Waals surface area contributed by atoms with Crippen LogP contribution in [-0.2, 0) is 6.42 Å². The number of benzene rings is 1. The Morgan fingerprint density at radius 1 is 1.47 bits per heavy atom. The molecule has 2 atom stereocenters. The van der Waals surface area contributed by atoms with Crippen molar-refractivity contribution < 1.29 is 4.74 Å². The Morgan fingerprint density at radius 3 is 2.73 bits per heavy atom. The lowest BCUT2D eigenvalue weighted by molar-refractivity contribution is 0.319. The van der Waals surface area contributed by atoms with Crippen LogP contribution in [0.3, 0.4) is 0 Å². The highest BCUT2D eigenvalue weighted by Crippen LogP contribution is 2.33. The van der Waals surface area contributed by atoms with E-state index in [2.05, 4.69) is 37.4 Å². The van der Waals surface area contributed by atoms with Crippen LogP contribution in [0, 0.1) is 0 Å². The SMILES string of the molecule is CCc1ccc(OC)c(C2CNC2C)c1. The van der Waals surface area contributed by atoms with Crippen molar-refractivity contribution in [2.24, 2.45) is 0 Å². The van der Waals surface area contributed by atoms with E-state index >= 15 is 0 Å². The first kappa shape index (κ1) is 10.5. The van der Waals surface area contributed by atoms with Crippen molar-refractivity contribution in [2.45, 2.75) is 32.2 Å². The lowest BCUT2D eigenvalue weighted by atomic mass is 9.84. The van der Waals surface area contributed by atoms with Gasteiger partial charge in [0.15, 0.2) is 0 Å². The zero-order valence-corrected chi connectivity index (χ0v) is 9.71. The maximum Gasteiger partial charge on any atom is 0.122 e. The minimum Gasteiger partial charge on any atom is -0.496 e. The van der Waals surface area contributed by atoms with Crippen LogP contribution >= 0.6 is 0 Å². The third-order valence-corrected chi connectivity index (χ3v) is 3.37. The molecule has 1 aromatic rings. The summed E-state index contributed by atoms with van der Waals surface area (Å²) in [5.74, 6) is 1.65. The first-order valence-corrected chi connectivity index (χ1v) is 5.66. The standard InChI is InChI=1S/C13H19NO/c1-4-10-5-6-13(15-3)11(7-10)12-8-14-9(12)2/h5-7,9,12,14H,4,8H2,1-3H3. The van der Waals surface area contributed by atoms with Crippen LogP contribution in [0.2, 0.25) is 0 Å². The molecule has 0 amide bonds. The number of ether oxygens (including phenoxy) is 1. The van der Waals surface area contributed by atoms with E-state index in [1.807, 2.05) is 0 Å². The average molecular weight is 205 g/mol. The lowest BCUT2D eigenvalue weighted by Crippen LogP contribution is -2.49. The average Bonchev–Trinajstić information content (AvgIpc) is 2.27. The molecule has 1 fully saturated rings. The summed E-state index contributed by atoms with van der Waals surface area (Å²) in [4.78, 5) is 0. The monoisotopic (exact) mass is 205 g/mol. The predicted octanol–water partition coefficient (Wildman–Crippen LogP) is 2.33. The Bertz CT molecular complexity index is 348. The summed E-state index contributed by atoms with van der Waals surface area (Å²) in [6.07, 6.45) is 1.09. The van der Waals surface area contributed by atoms with Gasteiger partial charge in [0.25, 0.3) is 0 Å². The molecule has 0 radical (unpaired) electrons. The highest BCUT2D eigenvalue weighted by atomic mass is 16.5. The van der Waals surface area contributed by atoms with E-state index < -0.39 is 0 Å². The number of hydrogen-bond acceptors (Lipinski definition) is 2. The molecule has 1 aromatic carbocycles. The molecule has 0 bridgehead atoms. The second-order valence-corrected chi connectivity index (χ2v) is 4.23. The molecule has 1 N–H and O–H groups in total. The van der Waals surface area contributed by atoms with Gasteiger partial charge in [-0.1, -0.05) is 19.1 Å². The van der Waals surface area contributed by atoms with E-state index in [0.29, 0.717) is 12.0 Å². The fourth-order valence-corrected chi connectivity index (χ4v) is 2.14. The maximum atomic E-state index is 5.42. The fraction of sp³-hybridized carbons (Fsp3) is 0.538. The molecule has 1 heterocycles. The van der Waals surface area contributed by atoms with Gasteiger partial charge < -0.3 is 10.1 Å². The third kappa shape index (κ3) is 1.86. The quantitative estimate of drug-likeness (QED) is 0.817. The molecule has 15 heavy (non-hydrogen) atoms. The second kappa shape index (κ2) is 4.23. The van der Waals surface area contributed by atoms with Crippen LogP contribution in [0.25, 0.3) is 0 Å². The number of hydrogen-bond donors (Lipinski definition) is 1. The summed E-state index contributed by atoms with van der Waals surface area (Å²) in [5, 5.41) is 3.39. The molecular formula is C13H19NO. The molecule has 2 nitrogen and oxygen atoms in total. The van der Waals surface area contributed by atoms with Gasteiger partial charge in [-0.15, -0.1) is 0 Å². The molecule has 0 aromatic heterocycles. The smallest absolute Gasteiger partial charge is 0.122 e. The Morgan fingerprint density at radius 2 is 2.27 bits per heavy atom. The van der Waals surface area contributed by atoms with Gasteiger partial charge in [-0.25, -0.2) is 0 Å². The van der Waals surface area contributed by atoms with Crippen molar-refractivity contribution in [2.75, 3.05) is 13.7 Å². The van der Waals surface area contributed by atoms with Crippen LogP contribution in [0.5, 0.6) is 5.75 Å². The maximum absolute atomic E-state index is 5.42. The Kier molecular flexibility index (Phi) is 2.96. The zero-order chi connectivity index (χ0) is 10.8. The van der Waals surface area contributed by atoms with Gasteiger partial charge in [-0.3, -0.25) is 0 Å². The number of methoxy groups -OCH3 is 1. The molecule has 1 aliphatic heterocycles. The van der Waals surface area contributed by atoms with Crippen LogP contribution in [-0.4, -0.2) is 19.7 Å². The van der Waals surface area contributed by atoms with Crippen LogP contribution in [0.15, 0.2) is 18.2 Å². The van der Waals surface area contributed by atoms with Crippen molar-refractivity contribution >= 4 is 0 Å². The second-order valence-electron chi connectivity index (χ2n) is 4.23. The molecule has 1 saturated heterocycles. The third-order valence-electron chi connectivity index (χ3n) is 3.37. The van der Waals surface area contributed by atoms with Gasteiger partial charge in [-0.05, 0) is 25.0 Å². The summed E-state index contributed by atoms with van der Waals surface area (Å²) in [7, 11) is 1.75. The molecule has 2 unspecified atom stereocenters. The highest BCUT2D eigenvalue weighted by molar-refractivity contribution is 5.42. The Labute approximate surface area is 91.6 Å². The summed E-state index contributed by atoms with van der Waals surface area (Å²) in [6.45, 7) is 5.49. The summed E-state index contributed by atoms with van der Waals surface area (Å²) < 4.78 is 5.42. The normalized spacial score (nSPS) is 24.7. The van der Waals surface area contributed by atoms with Crippen molar-refractivity contribution in [1.29, 1.82) is 0 Å². The van der Waals surface area contributed by atoms with E-state index in [1.54, 1.807) is 7.11 Å². The van der Waals surface area contributed by atoms with Gasteiger partial charge >= 0.3 is 0 Å². The van der Waals surface area contributed by atoms with E-state index in [1.165, 1.54) is 11.1 Å². The van der Waals surface area contributed by atoms with E-state index in [-0.39, 0.29) is 0 Å². The molecule has 0 aliphatic carbocycles. The first-order chi connectivity index (χ1) is 7.26. The Balaban J connectivity index is 2.33. The highest BCUT2D eigenvalue weighted by Gasteiger charge is 2.29. The minimum absolute atomic E-state index is 0.575. The number of rotatable bonds is 3. The lowest BCUT2D eigenvalue weighted by Gasteiger charge is -2.36. The molecule has 0 spiro atoms. The van der Waals surface area contributed by atoms with Crippen LogP contribution in [0.4, 0.5) is 0 Å². The van der Waals surface area contributed by atoms with Crippen LogP contribution in [0.1, 0.15) is 30.9 Å². The van der Waals surface area contributed by atoms with E-state index in [0.717, 1.165) is 18.7 Å². The molecular weight excluding hydrogens is 186 g/mol. The molecule has 1 aliphatic rings. The van der Waals surface area contributed by atoms with Crippen molar-refractivity contribution in [1.82, 2.24) is 5.32 Å². The fourth-order valence-electron chi connectivity index (χ4n) is 2.14. The first-order valence-electron chi connectivity index (χ1n) is 5.66. The van der Waals surface area contributed by atoms with Gasteiger partial charge in [-0.2, -0.15) is 0 Å². The topological polar surface area (TPSA) is 21.3 Å². The number of aryl methyl sites for hydroxylation is 1. The van der Waals surface area contributed by atoms with Crippen molar-refractivity contribution in [3.05, 3.63) is 29.3 Å². The molecule has 2 heteroatoms. The predicted molar refractivity (Wildman–Crippen MR) is 62.6 cm³/mol. The van der Waals surface area contributed by atoms with Crippen molar-refractivity contribution in [3.63, 3.8) is 0 Å². The summed E-state index contributed by atoms with van der Waals surface area (Å²) >= 11 is 0. The zero-order valence-electron chi connectivity index (χ0n) is 9.71.